The Morgan fingerprint density at radius 1 is 0.842 bits per heavy atom. The van der Waals surface area contributed by atoms with E-state index in [0.29, 0.717) is 11.5 Å². The summed E-state index contributed by atoms with van der Waals surface area (Å²) in [6.07, 6.45) is 12.5. The highest BCUT2D eigenvalue weighted by Gasteiger charge is 2.28. The Morgan fingerprint density at radius 3 is 2.00 bits per heavy atom. The third-order valence-electron chi connectivity index (χ3n) is 6.78. The first kappa shape index (κ1) is 29.6. The zero-order valence-electron chi connectivity index (χ0n) is 22.7. The van der Waals surface area contributed by atoms with Crippen molar-refractivity contribution in [3.8, 4) is 11.5 Å². The number of amides is 1. The van der Waals surface area contributed by atoms with Crippen molar-refractivity contribution < 1.29 is 22.7 Å². The molecule has 1 amide bonds. The summed E-state index contributed by atoms with van der Waals surface area (Å²) in [5.74, 6) is 0.252. The molecule has 3 rings (SSSR count). The van der Waals surface area contributed by atoms with E-state index in [-0.39, 0.29) is 18.0 Å². The molecule has 0 aliphatic heterocycles. The lowest BCUT2D eigenvalue weighted by Gasteiger charge is -2.22. The molecule has 0 saturated heterocycles. The van der Waals surface area contributed by atoms with Gasteiger partial charge in [0.25, 0.3) is 5.91 Å². The van der Waals surface area contributed by atoms with E-state index in [9.17, 15) is 13.2 Å². The van der Waals surface area contributed by atoms with Crippen LogP contribution in [0.2, 0.25) is 0 Å². The number of hydrogen-bond acceptors (Lipinski definition) is 6. The van der Waals surface area contributed by atoms with Crippen molar-refractivity contribution in [3.63, 3.8) is 0 Å². The fourth-order valence-electron chi connectivity index (χ4n) is 4.61. The summed E-state index contributed by atoms with van der Waals surface area (Å²) in [4.78, 5) is 13.0. The third kappa shape index (κ3) is 9.13. The van der Waals surface area contributed by atoms with Gasteiger partial charge in [-0.2, -0.15) is 9.41 Å². The van der Waals surface area contributed by atoms with Crippen molar-refractivity contribution in [2.75, 3.05) is 20.8 Å². The van der Waals surface area contributed by atoms with Crippen molar-refractivity contribution in [2.24, 2.45) is 5.10 Å². The summed E-state index contributed by atoms with van der Waals surface area (Å²) < 4.78 is 39.1. The van der Waals surface area contributed by atoms with E-state index < -0.39 is 15.9 Å². The Bertz CT molecular complexity index is 1140. The van der Waals surface area contributed by atoms with Gasteiger partial charge in [0.2, 0.25) is 10.0 Å². The molecular weight excluding hydrogens is 502 g/mol. The van der Waals surface area contributed by atoms with E-state index in [4.69, 9.17) is 9.47 Å². The number of nitrogens with zero attached hydrogens (tertiary/aromatic N) is 2. The van der Waals surface area contributed by atoms with Gasteiger partial charge in [-0.05, 0) is 43.4 Å². The lowest BCUT2D eigenvalue weighted by atomic mass is 10.00. The Morgan fingerprint density at radius 2 is 1.42 bits per heavy atom. The van der Waals surface area contributed by atoms with Gasteiger partial charge in [0, 0.05) is 18.3 Å². The molecule has 0 spiro atoms. The molecule has 1 saturated carbocycles. The maximum atomic E-state index is 13.7. The molecule has 0 aromatic heterocycles. The SMILES string of the molecule is COc1ccc(S(=O)(=O)N(CC(=O)NN=C2CCCCCCCCCCC2)Cc2ccccc2)cc1OC. The van der Waals surface area contributed by atoms with Crippen LogP contribution < -0.4 is 14.9 Å². The second-order valence-electron chi connectivity index (χ2n) is 9.67. The Hall–Kier alpha value is -2.91. The van der Waals surface area contributed by atoms with E-state index in [2.05, 4.69) is 10.5 Å². The predicted molar refractivity (Wildman–Crippen MR) is 150 cm³/mol. The van der Waals surface area contributed by atoms with Gasteiger partial charge < -0.3 is 9.47 Å². The standard InChI is InChI=1S/C29H41N3O5S/c1-36-27-20-19-26(21-28(27)37-2)38(34,35)32(22-24-15-11-10-12-16-24)23-29(33)31-30-25-17-13-8-6-4-3-5-7-9-14-18-25/h10-12,15-16,19-21H,3-9,13-14,17-18,22-23H2,1-2H3,(H,31,33). The normalized spacial score (nSPS) is 15.7. The van der Waals surface area contributed by atoms with E-state index in [1.54, 1.807) is 6.07 Å². The van der Waals surface area contributed by atoms with Crippen LogP contribution in [0.3, 0.4) is 0 Å². The summed E-state index contributed by atoms with van der Waals surface area (Å²) >= 11 is 0. The minimum Gasteiger partial charge on any atom is -0.493 e. The number of hydrazone groups is 1. The molecule has 1 fully saturated rings. The molecular formula is C29H41N3O5S. The van der Waals surface area contributed by atoms with Crippen LogP contribution in [-0.4, -0.2) is 45.1 Å². The maximum Gasteiger partial charge on any atom is 0.255 e. The first-order valence-corrected chi connectivity index (χ1v) is 15.0. The highest BCUT2D eigenvalue weighted by atomic mass is 32.2. The van der Waals surface area contributed by atoms with Crippen LogP contribution in [0.1, 0.15) is 76.2 Å². The average molecular weight is 544 g/mol. The first-order chi connectivity index (χ1) is 18.4. The van der Waals surface area contributed by atoms with Crippen LogP contribution in [0.4, 0.5) is 0 Å². The zero-order valence-corrected chi connectivity index (χ0v) is 23.5. The number of nitrogens with one attached hydrogen (secondary N) is 1. The number of ether oxygens (including phenoxy) is 2. The highest BCUT2D eigenvalue weighted by molar-refractivity contribution is 7.89. The molecule has 2 aromatic rings. The summed E-state index contributed by atoms with van der Waals surface area (Å²) in [5.41, 5.74) is 4.40. The molecule has 208 valence electrons. The molecule has 1 aliphatic carbocycles. The Labute approximate surface area is 227 Å². The van der Waals surface area contributed by atoms with Crippen LogP contribution in [-0.2, 0) is 21.4 Å². The molecule has 1 N–H and O–H groups in total. The molecule has 0 bridgehead atoms. The number of hydrogen-bond donors (Lipinski definition) is 1. The largest absolute Gasteiger partial charge is 0.493 e. The van der Waals surface area contributed by atoms with E-state index in [1.165, 1.54) is 75.6 Å². The van der Waals surface area contributed by atoms with Gasteiger partial charge in [0.05, 0.1) is 25.7 Å². The molecule has 38 heavy (non-hydrogen) atoms. The second kappa shape index (κ2) is 15.5. The Balaban J connectivity index is 1.77. The number of carbonyl (C=O) groups excluding carboxylic acids is 1. The number of benzene rings is 2. The van der Waals surface area contributed by atoms with Crippen LogP contribution in [0.25, 0.3) is 0 Å². The maximum absolute atomic E-state index is 13.7. The lowest BCUT2D eigenvalue weighted by Crippen LogP contribution is -2.39. The highest BCUT2D eigenvalue weighted by Crippen LogP contribution is 2.31. The number of rotatable bonds is 9. The van der Waals surface area contributed by atoms with Crippen LogP contribution in [0.5, 0.6) is 11.5 Å². The lowest BCUT2D eigenvalue weighted by molar-refractivity contribution is -0.121. The van der Waals surface area contributed by atoms with Crippen LogP contribution >= 0.6 is 0 Å². The summed E-state index contributed by atoms with van der Waals surface area (Å²) in [7, 11) is -1.10. The Kier molecular flexibility index (Phi) is 12.1. The molecule has 2 aromatic carbocycles. The zero-order chi connectivity index (χ0) is 27.2. The van der Waals surface area contributed by atoms with Crippen molar-refractivity contribution in [3.05, 3.63) is 54.1 Å². The third-order valence-corrected chi connectivity index (χ3v) is 8.57. The van der Waals surface area contributed by atoms with Gasteiger partial charge in [-0.25, -0.2) is 13.8 Å². The number of sulfonamides is 1. The van der Waals surface area contributed by atoms with Gasteiger partial charge >= 0.3 is 0 Å². The van der Waals surface area contributed by atoms with Gasteiger partial charge in [0.1, 0.15) is 0 Å². The summed E-state index contributed by atoms with van der Waals surface area (Å²) in [6, 6.07) is 13.6. The molecule has 0 atom stereocenters. The topological polar surface area (TPSA) is 97.3 Å². The smallest absolute Gasteiger partial charge is 0.255 e. The molecule has 0 radical (unpaired) electrons. The number of methoxy groups -OCH3 is 2. The first-order valence-electron chi connectivity index (χ1n) is 13.5. The number of carbonyl (C=O) groups is 1. The van der Waals surface area contributed by atoms with E-state index in [0.717, 1.165) is 37.0 Å². The van der Waals surface area contributed by atoms with Gasteiger partial charge in [-0.15, -0.1) is 0 Å². The molecule has 9 heteroatoms. The average Bonchev–Trinajstić information content (AvgIpc) is 2.92. The van der Waals surface area contributed by atoms with Crippen LogP contribution in [0, 0.1) is 0 Å². The monoisotopic (exact) mass is 543 g/mol. The van der Waals surface area contributed by atoms with E-state index in [1.807, 2.05) is 30.3 Å². The molecule has 8 nitrogen and oxygen atoms in total. The minimum absolute atomic E-state index is 0.0181. The van der Waals surface area contributed by atoms with Gasteiger partial charge in [-0.1, -0.05) is 75.3 Å². The van der Waals surface area contributed by atoms with Crippen molar-refractivity contribution in [1.29, 1.82) is 0 Å². The molecule has 1 aliphatic rings. The minimum atomic E-state index is -4.03. The van der Waals surface area contributed by atoms with Crippen molar-refractivity contribution in [2.45, 2.75) is 82.1 Å². The summed E-state index contributed by atoms with van der Waals surface area (Å²) in [5, 5.41) is 4.44. The quantitative estimate of drug-likeness (QED) is 0.411. The fourth-order valence-corrected chi connectivity index (χ4v) is 6.01. The fraction of sp³-hybridized carbons (Fsp3) is 0.517. The predicted octanol–water partition coefficient (Wildman–Crippen LogP) is 5.67. The van der Waals surface area contributed by atoms with Gasteiger partial charge in [-0.3, -0.25) is 4.79 Å². The van der Waals surface area contributed by atoms with E-state index >= 15 is 0 Å². The molecule has 0 unspecified atom stereocenters. The van der Waals surface area contributed by atoms with Crippen molar-refractivity contribution in [1.82, 2.24) is 9.73 Å². The van der Waals surface area contributed by atoms with Crippen molar-refractivity contribution >= 4 is 21.6 Å². The summed E-state index contributed by atoms with van der Waals surface area (Å²) in [6.45, 7) is -0.316. The van der Waals surface area contributed by atoms with Gasteiger partial charge in [0.15, 0.2) is 11.5 Å². The van der Waals surface area contributed by atoms with Crippen LogP contribution in [0.15, 0.2) is 58.5 Å². The second-order valence-corrected chi connectivity index (χ2v) is 11.6. The molecule has 0 heterocycles.